The highest BCUT2D eigenvalue weighted by atomic mass is 16.5. The molecule has 2 aliphatic rings. The van der Waals surface area contributed by atoms with Crippen LogP contribution in [0.5, 0.6) is 11.5 Å². The topological polar surface area (TPSA) is 79.9 Å². The molecule has 1 saturated heterocycles. The molecule has 0 bridgehead atoms. The zero-order chi connectivity index (χ0) is 19.4. The Bertz CT molecular complexity index is 695. The molecule has 7 heteroatoms. The Kier molecular flexibility index (Phi) is 6.21. The number of nitrogens with zero attached hydrogens (tertiary/aromatic N) is 1. The lowest BCUT2D eigenvalue weighted by Gasteiger charge is -2.33. The summed E-state index contributed by atoms with van der Waals surface area (Å²) in [6, 6.07) is 3.82. The van der Waals surface area contributed by atoms with Crippen molar-refractivity contribution in [2.75, 3.05) is 39.2 Å². The van der Waals surface area contributed by atoms with Crippen molar-refractivity contribution in [2.24, 2.45) is 5.92 Å². The number of nitrogens with one attached hydrogen (secondary N) is 2. The van der Waals surface area contributed by atoms with Crippen LogP contribution in [0.2, 0.25) is 0 Å². The maximum Gasteiger partial charge on any atom is 0.254 e. The van der Waals surface area contributed by atoms with Crippen LogP contribution in [0.1, 0.15) is 43.0 Å². The van der Waals surface area contributed by atoms with Crippen molar-refractivity contribution >= 4 is 17.5 Å². The van der Waals surface area contributed by atoms with Crippen LogP contribution in [0, 0.1) is 5.92 Å². The van der Waals surface area contributed by atoms with Crippen molar-refractivity contribution in [3.63, 3.8) is 0 Å². The number of rotatable bonds is 7. The zero-order valence-corrected chi connectivity index (χ0v) is 16.3. The Morgan fingerprint density at radius 1 is 1.11 bits per heavy atom. The van der Waals surface area contributed by atoms with Gasteiger partial charge in [-0.2, -0.15) is 0 Å². The fourth-order valence-corrected chi connectivity index (χ4v) is 3.49. The second kappa shape index (κ2) is 8.61. The molecule has 0 aromatic heterocycles. The Balaban J connectivity index is 1.69. The molecular formula is C20H29N3O4. The monoisotopic (exact) mass is 375 g/mol. The van der Waals surface area contributed by atoms with Gasteiger partial charge in [-0.25, -0.2) is 0 Å². The molecule has 0 spiro atoms. The van der Waals surface area contributed by atoms with Crippen LogP contribution in [0.25, 0.3) is 0 Å². The van der Waals surface area contributed by atoms with E-state index in [2.05, 4.69) is 10.6 Å². The molecule has 0 unspecified atom stereocenters. The number of likely N-dealkylation sites (tertiary alicyclic amines) is 1. The molecule has 0 atom stereocenters. The van der Waals surface area contributed by atoms with Crippen molar-refractivity contribution in [1.82, 2.24) is 10.2 Å². The molecule has 0 radical (unpaired) electrons. The highest BCUT2D eigenvalue weighted by molar-refractivity contribution is 5.99. The molecule has 2 amide bonds. The van der Waals surface area contributed by atoms with Crippen molar-refractivity contribution in [3.05, 3.63) is 17.7 Å². The number of benzene rings is 1. The van der Waals surface area contributed by atoms with Gasteiger partial charge in [0.1, 0.15) is 0 Å². The largest absolute Gasteiger partial charge is 0.493 e. The lowest BCUT2D eigenvalue weighted by atomic mass is 10.0. The van der Waals surface area contributed by atoms with E-state index >= 15 is 0 Å². The molecule has 1 aliphatic heterocycles. The van der Waals surface area contributed by atoms with Crippen LogP contribution < -0.4 is 20.1 Å². The third-order valence-corrected chi connectivity index (χ3v) is 5.21. The molecule has 27 heavy (non-hydrogen) atoms. The van der Waals surface area contributed by atoms with E-state index in [0.29, 0.717) is 28.8 Å². The van der Waals surface area contributed by atoms with Gasteiger partial charge in [-0.1, -0.05) is 0 Å². The minimum absolute atomic E-state index is 0.0526. The van der Waals surface area contributed by atoms with E-state index in [-0.39, 0.29) is 11.8 Å². The fraction of sp³-hybridized carbons (Fsp3) is 0.600. The average Bonchev–Trinajstić information content (AvgIpc) is 3.49. The third kappa shape index (κ3) is 4.91. The summed E-state index contributed by atoms with van der Waals surface area (Å²) in [5, 5.41) is 6.34. The first-order valence-corrected chi connectivity index (χ1v) is 9.58. The molecule has 3 rings (SSSR count). The molecule has 2 N–H and O–H groups in total. The van der Waals surface area contributed by atoms with E-state index < -0.39 is 0 Å². The molecule has 1 aromatic rings. The second-order valence-corrected chi connectivity index (χ2v) is 7.36. The fourth-order valence-electron chi connectivity index (χ4n) is 3.49. The first-order chi connectivity index (χ1) is 13.0. The SMILES string of the molecule is COc1cc(C(=O)N2CCC(NCC3CC3)CC2)cc(NC(C)=O)c1OC. The van der Waals surface area contributed by atoms with Gasteiger partial charge in [-0.3, -0.25) is 9.59 Å². The minimum Gasteiger partial charge on any atom is -0.493 e. The summed E-state index contributed by atoms with van der Waals surface area (Å²) in [4.78, 5) is 26.4. The summed E-state index contributed by atoms with van der Waals surface area (Å²) in [7, 11) is 3.02. The second-order valence-electron chi connectivity index (χ2n) is 7.36. The van der Waals surface area contributed by atoms with Crippen molar-refractivity contribution in [2.45, 2.75) is 38.6 Å². The Morgan fingerprint density at radius 2 is 1.81 bits per heavy atom. The first-order valence-electron chi connectivity index (χ1n) is 9.58. The highest BCUT2D eigenvalue weighted by Gasteiger charge is 2.27. The summed E-state index contributed by atoms with van der Waals surface area (Å²) in [6.45, 7) is 3.98. The summed E-state index contributed by atoms with van der Waals surface area (Å²) >= 11 is 0. The van der Waals surface area contributed by atoms with Gasteiger partial charge in [-0.05, 0) is 50.3 Å². The maximum absolute atomic E-state index is 13.0. The third-order valence-electron chi connectivity index (χ3n) is 5.21. The minimum atomic E-state index is -0.234. The summed E-state index contributed by atoms with van der Waals surface area (Å²) in [6.07, 6.45) is 4.62. The van der Waals surface area contributed by atoms with Gasteiger partial charge >= 0.3 is 0 Å². The number of anilines is 1. The summed E-state index contributed by atoms with van der Waals surface area (Å²) < 4.78 is 10.7. The normalized spacial score (nSPS) is 17.5. The van der Waals surface area contributed by atoms with Crippen molar-refractivity contribution < 1.29 is 19.1 Å². The number of methoxy groups -OCH3 is 2. The Labute approximate surface area is 160 Å². The molecule has 1 saturated carbocycles. The van der Waals surface area contributed by atoms with Crippen molar-refractivity contribution in [3.8, 4) is 11.5 Å². The van der Waals surface area contributed by atoms with Crippen LogP contribution in [0.15, 0.2) is 12.1 Å². The Morgan fingerprint density at radius 3 is 2.37 bits per heavy atom. The zero-order valence-electron chi connectivity index (χ0n) is 16.3. The number of carbonyl (C=O) groups is 2. The van der Waals surface area contributed by atoms with E-state index in [4.69, 9.17) is 9.47 Å². The molecular weight excluding hydrogens is 346 g/mol. The van der Waals surface area contributed by atoms with Crippen LogP contribution >= 0.6 is 0 Å². The highest BCUT2D eigenvalue weighted by Crippen LogP contribution is 2.37. The molecule has 148 valence electrons. The standard InChI is InChI=1S/C20H29N3O4/c1-13(24)22-17-10-15(11-18(26-2)19(17)27-3)20(25)23-8-6-16(7-9-23)21-12-14-4-5-14/h10-11,14,16,21H,4-9,12H2,1-3H3,(H,22,24). The van der Waals surface area contributed by atoms with E-state index in [1.165, 1.54) is 34.0 Å². The average molecular weight is 375 g/mol. The van der Waals surface area contributed by atoms with Gasteiger partial charge in [0.15, 0.2) is 11.5 Å². The molecule has 1 heterocycles. The lowest BCUT2D eigenvalue weighted by Crippen LogP contribution is -2.45. The van der Waals surface area contributed by atoms with Gasteiger partial charge in [0.2, 0.25) is 5.91 Å². The smallest absolute Gasteiger partial charge is 0.254 e. The lowest BCUT2D eigenvalue weighted by molar-refractivity contribution is -0.114. The van der Waals surface area contributed by atoms with Crippen LogP contribution in [0.3, 0.4) is 0 Å². The van der Waals surface area contributed by atoms with Crippen molar-refractivity contribution in [1.29, 1.82) is 0 Å². The number of piperidine rings is 1. The van der Waals surface area contributed by atoms with E-state index in [1.807, 2.05) is 4.90 Å². The predicted octanol–water partition coefficient (Wildman–Crippen LogP) is 2.27. The molecule has 1 aromatic carbocycles. The van der Waals surface area contributed by atoms with Gasteiger partial charge in [-0.15, -0.1) is 0 Å². The van der Waals surface area contributed by atoms with E-state index in [0.717, 1.165) is 38.4 Å². The molecule has 1 aliphatic carbocycles. The molecule has 7 nitrogen and oxygen atoms in total. The number of carbonyl (C=O) groups excluding carboxylic acids is 2. The number of hydrogen-bond donors (Lipinski definition) is 2. The summed E-state index contributed by atoms with van der Waals surface area (Å²) in [5.74, 6) is 1.41. The predicted molar refractivity (Wildman–Crippen MR) is 104 cm³/mol. The maximum atomic E-state index is 13.0. The Hall–Kier alpha value is -2.28. The number of ether oxygens (including phenoxy) is 2. The quantitative estimate of drug-likeness (QED) is 0.764. The number of amides is 2. The van der Waals surface area contributed by atoms with Crippen LogP contribution in [-0.2, 0) is 4.79 Å². The number of hydrogen-bond acceptors (Lipinski definition) is 5. The van der Waals surface area contributed by atoms with Crippen LogP contribution in [0.4, 0.5) is 5.69 Å². The first kappa shape index (κ1) is 19.5. The van der Waals surface area contributed by atoms with Gasteiger partial charge in [0, 0.05) is 31.6 Å². The van der Waals surface area contributed by atoms with E-state index in [1.54, 1.807) is 12.1 Å². The van der Waals surface area contributed by atoms with Gasteiger partial charge < -0.3 is 25.0 Å². The summed E-state index contributed by atoms with van der Waals surface area (Å²) in [5.41, 5.74) is 0.925. The molecule has 2 fully saturated rings. The van der Waals surface area contributed by atoms with Gasteiger partial charge in [0.05, 0.1) is 19.9 Å². The van der Waals surface area contributed by atoms with Crippen LogP contribution in [-0.4, -0.2) is 56.6 Å². The van der Waals surface area contributed by atoms with E-state index in [9.17, 15) is 9.59 Å². The van der Waals surface area contributed by atoms with Gasteiger partial charge in [0.25, 0.3) is 5.91 Å².